The number of rotatable bonds is 2. The molecule has 4 aliphatic rings. The number of esters is 1. The Morgan fingerprint density at radius 2 is 1.96 bits per heavy atom. The first-order valence-electron chi connectivity index (χ1n) is 10.2. The van der Waals surface area contributed by atoms with E-state index in [1.54, 1.807) is 0 Å². The van der Waals surface area contributed by atoms with Gasteiger partial charge in [0, 0.05) is 25.4 Å². The number of aliphatic hydroxyl groups excluding tert-OH is 1. The second-order valence-electron chi connectivity index (χ2n) is 9.47. The molecule has 0 heterocycles. The Labute approximate surface area is 150 Å². The van der Waals surface area contributed by atoms with Crippen molar-refractivity contribution in [2.45, 2.75) is 77.7 Å². The molecule has 0 aromatic rings. The van der Waals surface area contributed by atoms with Gasteiger partial charge in [0.15, 0.2) is 0 Å². The van der Waals surface area contributed by atoms with E-state index in [9.17, 15) is 14.7 Å². The Kier molecular flexibility index (Phi) is 4.25. The van der Waals surface area contributed by atoms with Crippen LogP contribution in [0.2, 0.25) is 0 Å². The highest BCUT2D eigenvalue weighted by molar-refractivity contribution is 5.87. The molecule has 25 heavy (non-hydrogen) atoms. The maximum absolute atomic E-state index is 12.5. The Balaban J connectivity index is 1.58. The number of carbonyl (C=O) groups is 2. The molecule has 0 amide bonds. The lowest BCUT2D eigenvalue weighted by Crippen LogP contribution is -2.56. The first-order valence-corrected chi connectivity index (χ1v) is 10.2. The molecule has 0 aromatic carbocycles. The molecule has 0 aliphatic heterocycles. The maximum atomic E-state index is 12.5. The van der Waals surface area contributed by atoms with Crippen LogP contribution in [0.15, 0.2) is 0 Å². The second-order valence-corrected chi connectivity index (χ2v) is 9.47. The minimum absolute atomic E-state index is 0.00741. The van der Waals surface area contributed by atoms with Gasteiger partial charge in [0.25, 0.3) is 0 Å². The summed E-state index contributed by atoms with van der Waals surface area (Å²) in [5.74, 6) is 2.41. The van der Waals surface area contributed by atoms with Crippen molar-refractivity contribution in [2.24, 2.45) is 34.5 Å². The molecule has 4 heteroatoms. The van der Waals surface area contributed by atoms with Crippen molar-refractivity contribution < 1.29 is 19.4 Å². The normalized spacial score (nSPS) is 49.1. The zero-order valence-corrected chi connectivity index (χ0v) is 15.6. The maximum Gasteiger partial charge on any atom is 0.302 e. The SMILES string of the molecule is CC(=O)O[C@H]1CC[C@@]2(CO)C(CCC3C2CC[C@]2(C)C(=O)CCC32)C1. The van der Waals surface area contributed by atoms with Gasteiger partial charge in [0.1, 0.15) is 11.9 Å². The van der Waals surface area contributed by atoms with Crippen molar-refractivity contribution in [1.29, 1.82) is 0 Å². The molecule has 4 saturated carbocycles. The molecule has 4 rings (SSSR count). The average molecular weight is 348 g/mol. The van der Waals surface area contributed by atoms with Crippen LogP contribution < -0.4 is 0 Å². The van der Waals surface area contributed by atoms with Gasteiger partial charge in [-0.3, -0.25) is 9.59 Å². The van der Waals surface area contributed by atoms with Crippen LogP contribution in [0.5, 0.6) is 0 Å². The van der Waals surface area contributed by atoms with E-state index in [1.165, 1.54) is 13.3 Å². The first kappa shape index (κ1) is 17.5. The van der Waals surface area contributed by atoms with Gasteiger partial charge in [-0.25, -0.2) is 0 Å². The van der Waals surface area contributed by atoms with E-state index in [-0.39, 0.29) is 29.5 Å². The standard InChI is InChI=1S/C21H32O4/c1-13(23)25-15-7-10-21(12-22)14(11-15)3-4-16-17-5-6-19(24)20(17,2)9-8-18(16)21/h14-18,22H,3-12H2,1-2H3/t14?,15-,16?,17?,18?,20-,21+/m0/s1. The van der Waals surface area contributed by atoms with Gasteiger partial charge in [-0.15, -0.1) is 0 Å². The summed E-state index contributed by atoms with van der Waals surface area (Å²) < 4.78 is 5.50. The molecule has 4 nitrogen and oxygen atoms in total. The van der Waals surface area contributed by atoms with E-state index < -0.39 is 0 Å². The van der Waals surface area contributed by atoms with Crippen molar-refractivity contribution >= 4 is 11.8 Å². The van der Waals surface area contributed by atoms with Gasteiger partial charge in [0.05, 0.1) is 0 Å². The second kappa shape index (κ2) is 6.07. The summed E-state index contributed by atoms with van der Waals surface area (Å²) in [5.41, 5.74) is -0.105. The van der Waals surface area contributed by atoms with Crippen LogP contribution in [-0.4, -0.2) is 29.6 Å². The number of carbonyl (C=O) groups excluding carboxylic acids is 2. The number of hydrogen-bond donors (Lipinski definition) is 1. The van der Waals surface area contributed by atoms with Gasteiger partial charge >= 0.3 is 5.97 Å². The van der Waals surface area contributed by atoms with E-state index in [0.717, 1.165) is 51.4 Å². The molecule has 140 valence electrons. The molecule has 0 spiro atoms. The zero-order chi connectivity index (χ0) is 17.8. The van der Waals surface area contributed by atoms with Crippen LogP contribution in [0.25, 0.3) is 0 Å². The molecule has 0 saturated heterocycles. The molecule has 0 aromatic heterocycles. The highest BCUT2D eigenvalue weighted by Gasteiger charge is 2.61. The molecule has 1 N–H and O–H groups in total. The van der Waals surface area contributed by atoms with E-state index in [0.29, 0.717) is 29.5 Å². The number of Topliss-reactive ketones (excluding diaryl/α,β-unsaturated/α-hetero) is 1. The third-order valence-electron chi connectivity index (χ3n) is 8.65. The number of aliphatic hydroxyl groups is 1. The van der Waals surface area contributed by atoms with Gasteiger partial charge in [0.2, 0.25) is 0 Å². The summed E-state index contributed by atoms with van der Waals surface area (Å²) in [6.45, 7) is 3.95. The fourth-order valence-electron chi connectivity index (χ4n) is 7.43. The van der Waals surface area contributed by atoms with Crippen LogP contribution in [0.4, 0.5) is 0 Å². The van der Waals surface area contributed by atoms with Crippen molar-refractivity contribution in [2.75, 3.05) is 6.61 Å². The predicted molar refractivity (Wildman–Crippen MR) is 93.7 cm³/mol. The lowest BCUT2D eigenvalue weighted by molar-refractivity contribution is -0.169. The smallest absolute Gasteiger partial charge is 0.302 e. The topological polar surface area (TPSA) is 63.6 Å². The first-order chi connectivity index (χ1) is 11.9. The summed E-state index contributed by atoms with van der Waals surface area (Å²) in [7, 11) is 0. The molecular weight excluding hydrogens is 316 g/mol. The van der Waals surface area contributed by atoms with Crippen LogP contribution in [-0.2, 0) is 14.3 Å². The van der Waals surface area contributed by atoms with E-state index in [4.69, 9.17) is 4.74 Å². The summed E-state index contributed by atoms with van der Waals surface area (Å²) in [5, 5.41) is 10.5. The fourth-order valence-corrected chi connectivity index (χ4v) is 7.43. The van der Waals surface area contributed by atoms with Crippen LogP contribution in [0.3, 0.4) is 0 Å². The van der Waals surface area contributed by atoms with E-state index >= 15 is 0 Å². The molecule has 0 bridgehead atoms. The highest BCUT2D eigenvalue weighted by Crippen LogP contribution is 2.65. The van der Waals surface area contributed by atoms with E-state index in [1.807, 2.05) is 0 Å². The summed E-state index contributed by atoms with van der Waals surface area (Å²) in [6, 6.07) is 0. The summed E-state index contributed by atoms with van der Waals surface area (Å²) in [6.07, 6.45) is 8.96. The minimum Gasteiger partial charge on any atom is -0.463 e. The molecule has 0 radical (unpaired) electrons. The largest absolute Gasteiger partial charge is 0.463 e. The molecule has 4 fully saturated rings. The summed E-state index contributed by atoms with van der Waals surface area (Å²) >= 11 is 0. The molecule has 4 unspecified atom stereocenters. The monoisotopic (exact) mass is 348 g/mol. The van der Waals surface area contributed by atoms with Crippen molar-refractivity contribution in [3.8, 4) is 0 Å². The van der Waals surface area contributed by atoms with Gasteiger partial charge in [-0.2, -0.15) is 0 Å². The fraction of sp³-hybridized carbons (Fsp3) is 0.905. The molecule has 7 atom stereocenters. The van der Waals surface area contributed by atoms with Crippen LogP contribution in [0, 0.1) is 34.5 Å². The third kappa shape index (κ3) is 2.50. The van der Waals surface area contributed by atoms with Crippen LogP contribution >= 0.6 is 0 Å². The minimum atomic E-state index is -0.187. The number of fused-ring (bicyclic) bond motifs is 5. The van der Waals surface area contributed by atoms with Crippen molar-refractivity contribution in [3.63, 3.8) is 0 Å². The van der Waals surface area contributed by atoms with Crippen molar-refractivity contribution in [3.05, 3.63) is 0 Å². The number of hydrogen-bond acceptors (Lipinski definition) is 4. The molecule has 4 aliphatic carbocycles. The number of ether oxygens (including phenoxy) is 1. The average Bonchev–Trinajstić information content (AvgIpc) is 2.89. The Hall–Kier alpha value is -0.900. The third-order valence-corrected chi connectivity index (χ3v) is 8.65. The lowest BCUT2D eigenvalue weighted by atomic mass is 9.45. The van der Waals surface area contributed by atoms with Crippen molar-refractivity contribution in [1.82, 2.24) is 0 Å². The quantitative estimate of drug-likeness (QED) is 0.776. The lowest BCUT2D eigenvalue weighted by Gasteiger charge is -2.60. The van der Waals surface area contributed by atoms with Gasteiger partial charge in [-0.1, -0.05) is 6.92 Å². The Bertz CT molecular complexity index is 572. The highest BCUT2D eigenvalue weighted by atomic mass is 16.5. The Morgan fingerprint density at radius 3 is 2.68 bits per heavy atom. The van der Waals surface area contributed by atoms with E-state index in [2.05, 4.69) is 6.92 Å². The van der Waals surface area contributed by atoms with Crippen LogP contribution in [0.1, 0.15) is 71.6 Å². The zero-order valence-electron chi connectivity index (χ0n) is 15.6. The molecular formula is C21H32O4. The van der Waals surface area contributed by atoms with Gasteiger partial charge < -0.3 is 9.84 Å². The number of ketones is 1. The van der Waals surface area contributed by atoms with Gasteiger partial charge in [-0.05, 0) is 80.5 Å². The Morgan fingerprint density at radius 1 is 1.16 bits per heavy atom. The summed E-state index contributed by atoms with van der Waals surface area (Å²) in [4.78, 5) is 23.8. The predicted octanol–water partition coefficient (Wildman–Crippen LogP) is 3.50.